The summed E-state index contributed by atoms with van der Waals surface area (Å²) in [5.41, 5.74) is 4.97. The smallest absolute Gasteiger partial charge is 0.256 e. The highest BCUT2D eigenvalue weighted by Gasteiger charge is 2.25. The molecule has 38 heavy (non-hydrogen) atoms. The lowest BCUT2D eigenvalue weighted by atomic mass is 9.92. The van der Waals surface area contributed by atoms with E-state index in [0.29, 0.717) is 16.4 Å². The first kappa shape index (κ1) is 27.1. The lowest BCUT2D eigenvalue weighted by Crippen LogP contribution is -2.38. The van der Waals surface area contributed by atoms with Crippen LogP contribution in [0.15, 0.2) is 78.9 Å². The van der Waals surface area contributed by atoms with Crippen LogP contribution in [-0.2, 0) is 16.8 Å². The Labute approximate surface area is 229 Å². The lowest BCUT2D eigenvalue weighted by Gasteiger charge is -2.23. The number of anilines is 1. The van der Waals surface area contributed by atoms with E-state index in [1.54, 1.807) is 28.9 Å². The summed E-state index contributed by atoms with van der Waals surface area (Å²) in [6, 6.07) is 24.5. The Morgan fingerprint density at radius 1 is 0.947 bits per heavy atom. The molecule has 1 N–H and O–H groups in total. The zero-order valence-electron chi connectivity index (χ0n) is 22.5. The number of hydrogen-bond acceptors (Lipinski definition) is 3. The van der Waals surface area contributed by atoms with E-state index in [2.05, 4.69) is 32.2 Å². The highest BCUT2D eigenvalue weighted by molar-refractivity contribution is 6.33. The molecule has 0 saturated heterocycles. The van der Waals surface area contributed by atoms with Crippen molar-refractivity contribution >= 4 is 29.2 Å². The van der Waals surface area contributed by atoms with Crippen LogP contribution in [0.5, 0.6) is 0 Å². The first-order valence-corrected chi connectivity index (χ1v) is 13.0. The second-order valence-corrected chi connectivity index (χ2v) is 10.9. The van der Waals surface area contributed by atoms with Crippen LogP contribution in [0.3, 0.4) is 0 Å². The Morgan fingerprint density at radius 3 is 2.29 bits per heavy atom. The monoisotopic (exact) mass is 528 g/mol. The molecule has 196 valence electrons. The number of nitrogens with zero attached hydrogens (tertiary/aromatic N) is 3. The predicted molar refractivity (Wildman–Crippen MR) is 153 cm³/mol. The van der Waals surface area contributed by atoms with Crippen LogP contribution < -0.4 is 5.32 Å². The third-order valence-corrected chi connectivity index (χ3v) is 6.60. The Morgan fingerprint density at radius 2 is 1.63 bits per heavy atom. The molecule has 0 saturated carbocycles. The van der Waals surface area contributed by atoms with Gasteiger partial charge in [-0.2, -0.15) is 5.10 Å². The van der Waals surface area contributed by atoms with Crippen molar-refractivity contribution in [3.8, 4) is 5.69 Å². The summed E-state index contributed by atoms with van der Waals surface area (Å²) >= 11 is 6.33. The third-order valence-electron chi connectivity index (χ3n) is 6.27. The topological polar surface area (TPSA) is 67.2 Å². The average molecular weight is 529 g/mol. The summed E-state index contributed by atoms with van der Waals surface area (Å²) in [6.07, 6.45) is 0. The van der Waals surface area contributed by atoms with Gasteiger partial charge in [0.1, 0.15) is 12.4 Å². The molecule has 0 bridgehead atoms. The van der Waals surface area contributed by atoms with Crippen LogP contribution in [0.2, 0.25) is 5.02 Å². The molecule has 1 heterocycles. The van der Waals surface area contributed by atoms with Crippen LogP contribution in [0, 0.1) is 13.8 Å². The van der Waals surface area contributed by atoms with Crippen molar-refractivity contribution in [1.29, 1.82) is 0 Å². The van der Waals surface area contributed by atoms with Crippen molar-refractivity contribution in [2.24, 2.45) is 0 Å². The molecule has 2 amide bonds. The van der Waals surface area contributed by atoms with Crippen LogP contribution in [0.25, 0.3) is 5.69 Å². The molecule has 3 aromatic carbocycles. The quantitative estimate of drug-likeness (QED) is 0.289. The Balaban J connectivity index is 1.65. The molecule has 7 heteroatoms. The number of halogens is 1. The van der Waals surface area contributed by atoms with Gasteiger partial charge < -0.3 is 10.2 Å². The highest BCUT2D eigenvalue weighted by Crippen LogP contribution is 2.28. The first-order chi connectivity index (χ1) is 18.0. The third kappa shape index (κ3) is 6.32. The van der Waals surface area contributed by atoms with Gasteiger partial charge in [0.05, 0.1) is 22.0 Å². The molecule has 6 nitrogen and oxygen atoms in total. The number of amides is 2. The molecule has 4 aromatic rings. The van der Waals surface area contributed by atoms with Gasteiger partial charge in [0, 0.05) is 18.0 Å². The maximum atomic E-state index is 13.5. The second-order valence-electron chi connectivity index (χ2n) is 10.5. The normalized spacial score (nSPS) is 11.3. The molecule has 0 aliphatic heterocycles. The van der Waals surface area contributed by atoms with E-state index in [1.165, 1.54) is 4.90 Å². The first-order valence-electron chi connectivity index (χ1n) is 12.6. The molecule has 1 aromatic heterocycles. The number of carbonyl (C=O) groups is 2. The lowest BCUT2D eigenvalue weighted by molar-refractivity contribution is -0.117. The Bertz CT molecular complexity index is 1450. The van der Waals surface area contributed by atoms with Crippen molar-refractivity contribution in [2.75, 3.05) is 11.9 Å². The van der Waals surface area contributed by atoms with E-state index in [9.17, 15) is 9.59 Å². The van der Waals surface area contributed by atoms with Gasteiger partial charge in [0.2, 0.25) is 5.91 Å². The van der Waals surface area contributed by atoms with Crippen molar-refractivity contribution in [3.63, 3.8) is 0 Å². The molecule has 4 rings (SSSR count). The van der Waals surface area contributed by atoms with Crippen molar-refractivity contribution in [3.05, 3.63) is 112 Å². The fourth-order valence-corrected chi connectivity index (χ4v) is 4.44. The zero-order valence-corrected chi connectivity index (χ0v) is 23.2. The van der Waals surface area contributed by atoms with Crippen LogP contribution in [0.4, 0.5) is 5.82 Å². The number of carbonyl (C=O) groups excluding carboxylic acids is 2. The number of hydrogen-bond donors (Lipinski definition) is 1. The van der Waals surface area contributed by atoms with Gasteiger partial charge >= 0.3 is 0 Å². The summed E-state index contributed by atoms with van der Waals surface area (Å²) in [5, 5.41) is 8.20. The average Bonchev–Trinajstić information content (AvgIpc) is 3.28. The van der Waals surface area contributed by atoms with Crippen molar-refractivity contribution in [2.45, 2.75) is 46.6 Å². The van der Waals surface area contributed by atoms with E-state index >= 15 is 0 Å². The van der Waals surface area contributed by atoms with Crippen molar-refractivity contribution < 1.29 is 9.59 Å². The van der Waals surface area contributed by atoms with E-state index < -0.39 is 0 Å². The van der Waals surface area contributed by atoms with Gasteiger partial charge in [-0.05, 0) is 43.2 Å². The zero-order chi connectivity index (χ0) is 27.4. The maximum absolute atomic E-state index is 13.5. The number of nitrogens with one attached hydrogen (secondary N) is 1. The second kappa shape index (κ2) is 11.2. The van der Waals surface area contributed by atoms with Crippen LogP contribution in [0.1, 0.15) is 53.5 Å². The SMILES string of the molecule is Cc1ccc(-n2nc(C(C)(C)C)cc2NC(=O)CN(Cc2ccccc2)C(=O)c2ccccc2Cl)c(C)c1. The summed E-state index contributed by atoms with van der Waals surface area (Å²) in [6.45, 7) is 10.4. The van der Waals surface area contributed by atoms with Gasteiger partial charge in [-0.15, -0.1) is 0 Å². The summed E-state index contributed by atoms with van der Waals surface area (Å²) < 4.78 is 1.77. The molecule has 0 spiro atoms. The Kier molecular flexibility index (Phi) is 8.02. The molecule has 0 unspecified atom stereocenters. The van der Waals surface area contributed by atoms with Crippen LogP contribution >= 0.6 is 11.6 Å². The number of benzene rings is 3. The molecule has 0 aliphatic carbocycles. The number of aryl methyl sites for hydroxylation is 2. The van der Waals surface area contributed by atoms with E-state index in [1.807, 2.05) is 62.4 Å². The minimum Gasteiger partial charge on any atom is -0.325 e. The number of aromatic nitrogens is 2. The molecular weight excluding hydrogens is 496 g/mol. The highest BCUT2D eigenvalue weighted by atomic mass is 35.5. The molecular formula is C31H33ClN4O2. The van der Waals surface area contributed by atoms with Crippen LogP contribution in [-0.4, -0.2) is 33.0 Å². The fourth-order valence-electron chi connectivity index (χ4n) is 4.23. The minimum absolute atomic E-state index is 0.151. The summed E-state index contributed by atoms with van der Waals surface area (Å²) in [5.74, 6) is -0.0858. The fraction of sp³-hybridized carbons (Fsp3) is 0.258. The minimum atomic E-state index is -0.326. The van der Waals surface area contributed by atoms with Gasteiger partial charge in [-0.1, -0.05) is 92.5 Å². The van der Waals surface area contributed by atoms with Gasteiger partial charge in [0.25, 0.3) is 5.91 Å². The molecule has 0 radical (unpaired) electrons. The summed E-state index contributed by atoms with van der Waals surface area (Å²) in [4.78, 5) is 28.4. The summed E-state index contributed by atoms with van der Waals surface area (Å²) in [7, 11) is 0. The van der Waals surface area contributed by atoms with Gasteiger partial charge in [0.15, 0.2) is 0 Å². The largest absolute Gasteiger partial charge is 0.325 e. The standard InChI is InChI=1S/C31H33ClN4O2/c1-21-15-16-26(22(2)17-21)36-28(18-27(34-36)31(3,4)5)33-29(37)20-35(19-23-11-7-6-8-12-23)30(38)24-13-9-10-14-25(24)32/h6-18H,19-20H2,1-5H3,(H,33,37). The maximum Gasteiger partial charge on any atom is 0.256 e. The van der Waals surface area contributed by atoms with E-state index in [0.717, 1.165) is 28.1 Å². The molecule has 0 fully saturated rings. The number of rotatable bonds is 7. The molecule has 0 aliphatic rings. The van der Waals surface area contributed by atoms with Crippen molar-refractivity contribution in [1.82, 2.24) is 14.7 Å². The molecule has 0 atom stereocenters. The van der Waals surface area contributed by atoms with E-state index in [4.69, 9.17) is 16.7 Å². The predicted octanol–water partition coefficient (Wildman–Crippen LogP) is 6.72. The van der Waals surface area contributed by atoms with Gasteiger partial charge in [-0.3, -0.25) is 9.59 Å². The van der Waals surface area contributed by atoms with Gasteiger partial charge in [-0.25, -0.2) is 4.68 Å². The van der Waals surface area contributed by atoms with E-state index in [-0.39, 0.29) is 30.3 Å². The Hall–Kier alpha value is -3.90.